The first-order valence-corrected chi connectivity index (χ1v) is 6.60. The average molecular weight is 303 g/mol. The van der Waals surface area contributed by atoms with E-state index < -0.39 is 10.7 Å². The second-order valence-electron chi connectivity index (χ2n) is 4.86. The smallest absolute Gasteiger partial charge is 0.295 e. The second-order valence-corrected chi connectivity index (χ2v) is 5.26. The fraction of sp³-hybridized carbons (Fsp3) is 0.500. The predicted octanol–water partition coefficient (Wildman–Crippen LogP) is 1.47. The number of anilines is 1. The lowest BCUT2D eigenvalue weighted by Crippen LogP contribution is -2.55. The molecule has 2 N–H and O–H groups in total. The van der Waals surface area contributed by atoms with E-state index in [4.69, 9.17) is 17.3 Å². The van der Waals surface area contributed by atoms with E-state index in [0.29, 0.717) is 25.3 Å². The average Bonchev–Trinajstić information content (AvgIpc) is 2.41. The molecule has 2 rings (SSSR count). The third-order valence-electron chi connectivity index (χ3n) is 3.48. The van der Waals surface area contributed by atoms with Crippen molar-refractivity contribution in [3.63, 3.8) is 0 Å². The number of nitro benzene ring substituents is 1. The van der Waals surface area contributed by atoms with Crippen molar-refractivity contribution >= 4 is 23.0 Å². The highest BCUT2D eigenvalue weighted by molar-refractivity contribution is 6.31. The molecule has 0 bridgehead atoms. The number of benzene rings is 1. The van der Waals surface area contributed by atoms with E-state index in [1.165, 1.54) is 6.07 Å². The molecule has 0 aromatic heterocycles. The SMILES string of the molecule is CN1CCN(c2cc(Cl)c(F)cc2[N+](=O)[O-])C(CN)C1. The van der Waals surface area contributed by atoms with Gasteiger partial charge in [-0.05, 0) is 13.1 Å². The Morgan fingerprint density at radius 2 is 2.25 bits per heavy atom. The van der Waals surface area contributed by atoms with Crippen LogP contribution in [0.2, 0.25) is 5.02 Å². The highest BCUT2D eigenvalue weighted by Crippen LogP contribution is 2.34. The Bertz CT molecular complexity index is 528. The van der Waals surface area contributed by atoms with Crippen LogP contribution in [0.15, 0.2) is 12.1 Å². The molecular weight excluding hydrogens is 287 g/mol. The normalized spacial score (nSPS) is 20.2. The van der Waals surface area contributed by atoms with Crippen molar-refractivity contribution in [2.45, 2.75) is 6.04 Å². The number of nitrogens with two attached hydrogens (primary N) is 1. The van der Waals surface area contributed by atoms with Crippen LogP contribution >= 0.6 is 11.6 Å². The maximum absolute atomic E-state index is 13.4. The van der Waals surface area contributed by atoms with Crippen LogP contribution in [-0.2, 0) is 0 Å². The van der Waals surface area contributed by atoms with E-state index in [9.17, 15) is 14.5 Å². The summed E-state index contributed by atoms with van der Waals surface area (Å²) in [5, 5.41) is 11.0. The molecule has 20 heavy (non-hydrogen) atoms. The maximum Gasteiger partial charge on any atom is 0.295 e. The zero-order valence-electron chi connectivity index (χ0n) is 11.1. The van der Waals surface area contributed by atoms with Gasteiger partial charge >= 0.3 is 0 Å². The molecule has 1 aliphatic rings. The van der Waals surface area contributed by atoms with Crippen molar-refractivity contribution in [2.75, 3.05) is 38.1 Å². The molecule has 1 unspecified atom stereocenters. The standard InChI is InChI=1S/C12H16ClFN4O2/c1-16-2-3-17(8(6-15)7-16)11-4-9(13)10(14)5-12(11)18(19)20/h4-5,8H,2-3,6-7,15H2,1H3. The molecule has 1 aromatic rings. The van der Waals surface area contributed by atoms with Crippen molar-refractivity contribution in [3.8, 4) is 0 Å². The van der Waals surface area contributed by atoms with Crippen molar-refractivity contribution in [2.24, 2.45) is 5.73 Å². The molecule has 0 radical (unpaired) electrons. The number of halogens is 2. The van der Waals surface area contributed by atoms with Gasteiger partial charge in [0.15, 0.2) is 0 Å². The van der Waals surface area contributed by atoms with E-state index >= 15 is 0 Å². The van der Waals surface area contributed by atoms with Gasteiger partial charge in [-0.3, -0.25) is 10.1 Å². The Labute approximate surface area is 121 Å². The van der Waals surface area contributed by atoms with Crippen LogP contribution in [0.25, 0.3) is 0 Å². The summed E-state index contributed by atoms with van der Waals surface area (Å²) in [5.74, 6) is -0.791. The molecule has 0 amide bonds. The summed E-state index contributed by atoms with van der Waals surface area (Å²) in [6.45, 7) is 2.39. The van der Waals surface area contributed by atoms with Gasteiger partial charge in [-0.1, -0.05) is 11.6 Å². The molecule has 1 aromatic carbocycles. The van der Waals surface area contributed by atoms with Gasteiger partial charge in [0.05, 0.1) is 22.1 Å². The Hall–Kier alpha value is -1.44. The monoisotopic (exact) mass is 302 g/mol. The van der Waals surface area contributed by atoms with Crippen LogP contribution < -0.4 is 10.6 Å². The number of nitro groups is 1. The van der Waals surface area contributed by atoms with E-state index in [2.05, 4.69) is 4.90 Å². The van der Waals surface area contributed by atoms with E-state index in [1.54, 1.807) is 0 Å². The Kier molecular flexibility index (Phi) is 4.42. The minimum Gasteiger partial charge on any atom is -0.359 e. The molecule has 1 fully saturated rings. The summed E-state index contributed by atoms with van der Waals surface area (Å²) in [6.07, 6.45) is 0. The first kappa shape index (κ1) is 15.0. The summed E-state index contributed by atoms with van der Waals surface area (Å²) in [4.78, 5) is 14.5. The number of rotatable bonds is 3. The molecule has 1 aliphatic heterocycles. The van der Waals surface area contributed by atoms with Crippen LogP contribution in [0.3, 0.4) is 0 Å². The molecule has 0 spiro atoms. The van der Waals surface area contributed by atoms with E-state index in [0.717, 1.165) is 12.6 Å². The van der Waals surface area contributed by atoms with Gasteiger partial charge in [-0.2, -0.15) is 0 Å². The minimum absolute atomic E-state index is 0.0611. The van der Waals surface area contributed by atoms with Crippen LogP contribution in [0.5, 0.6) is 0 Å². The topological polar surface area (TPSA) is 75.6 Å². The highest BCUT2D eigenvalue weighted by Gasteiger charge is 2.30. The van der Waals surface area contributed by atoms with Gasteiger partial charge < -0.3 is 15.5 Å². The lowest BCUT2D eigenvalue weighted by molar-refractivity contribution is -0.384. The van der Waals surface area contributed by atoms with Crippen molar-refractivity contribution < 1.29 is 9.31 Å². The lowest BCUT2D eigenvalue weighted by atomic mass is 10.1. The predicted molar refractivity (Wildman–Crippen MR) is 75.7 cm³/mol. The summed E-state index contributed by atoms with van der Waals surface area (Å²) >= 11 is 5.76. The summed E-state index contributed by atoms with van der Waals surface area (Å²) in [5.41, 5.74) is 5.78. The molecule has 1 atom stereocenters. The molecule has 1 saturated heterocycles. The second kappa shape index (κ2) is 5.90. The molecule has 1 heterocycles. The third kappa shape index (κ3) is 2.84. The van der Waals surface area contributed by atoms with Gasteiger partial charge in [-0.15, -0.1) is 0 Å². The van der Waals surface area contributed by atoms with E-state index in [1.807, 2.05) is 11.9 Å². The van der Waals surface area contributed by atoms with Crippen LogP contribution in [0, 0.1) is 15.9 Å². The highest BCUT2D eigenvalue weighted by atomic mass is 35.5. The number of piperazine rings is 1. The number of likely N-dealkylation sites (N-methyl/N-ethyl adjacent to an activating group) is 1. The number of hydrogen-bond acceptors (Lipinski definition) is 5. The van der Waals surface area contributed by atoms with Gasteiger partial charge in [0.25, 0.3) is 5.69 Å². The first-order chi connectivity index (χ1) is 9.43. The van der Waals surface area contributed by atoms with Crippen molar-refractivity contribution in [1.82, 2.24) is 4.90 Å². The van der Waals surface area contributed by atoms with Gasteiger partial charge in [0.1, 0.15) is 11.5 Å². The summed E-state index contributed by atoms with van der Waals surface area (Å²) in [6, 6.07) is 2.11. The summed E-state index contributed by atoms with van der Waals surface area (Å²) < 4.78 is 13.4. The van der Waals surface area contributed by atoms with Gasteiger partial charge in [0, 0.05) is 26.2 Å². The molecule has 8 heteroatoms. The number of nitrogens with zero attached hydrogens (tertiary/aromatic N) is 3. The maximum atomic E-state index is 13.4. The fourth-order valence-electron chi connectivity index (χ4n) is 2.43. The van der Waals surface area contributed by atoms with Crippen LogP contribution in [0.4, 0.5) is 15.8 Å². The zero-order valence-corrected chi connectivity index (χ0v) is 11.8. The van der Waals surface area contributed by atoms with Crippen LogP contribution in [0.1, 0.15) is 0 Å². The molecule has 0 saturated carbocycles. The van der Waals surface area contributed by atoms with Crippen molar-refractivity contribution in [1.29, 1.82) is 0 Å². The largest absolute Gasteiger partial charge is 0.359 e. The Morgan fingerprint density at radius 3 is 2.85 bits per heavy atom. The fourth-order valence-corrected chi connectivity index (χ4v) is 2.59. The molecule has 110 valence electrons. The van der Waals surface area contributed by atoms with Crippen molar-refractivity contribution in [3.05, 3.63) is 33.1 Å². The zero-order chi connectivity index (χ0) is 14.9. The quantitative estimate of drug-likeness (QED) is 0.676. The number of hydrogen-bond donors (Lipinski definition) is 1. The Balaban J connectivity index is 2.45. The first-order valence-electron chi connectivity index (χ1n) is 6.22. The van der Waals surface area contributed by atoms with Gasteiger partial charge in [-0.25, -0.2) is 4.39 Å². The molecular formula is C12H16ClFN4O2. The molecule has 6 nitrogen and oxygen atoms in total. The summed E-state index contributed by atoms with van der Waals surface area (Å²) in [7, 11) is 1.96. The lowest BCUT2D eigenvalue weighted by Gasteiger charge is -2.40. The minimum atomic E-state index is -0.791. The Morgan fingerprint density at radius 1 is 1.55 bits per heavy atom. The molecule has 0 aliphatic carbocycles. The van der Waals surface area contributed by atoms with E-state index in [-0.39, 0.29) is 16.8 Å². The third-order valence-corrected chi connectivity index (χ3v) is 3.77. The van der Waals surface area contributed by atoms with Crippen LogP contribution in [-0.4, -0.2) is 49.1 Å². The van der Waals surface area contributed by atoms with Gasteiger partial charge in [0.2, 0.25) is 0 Å².